The van der Waals surface area contributed by atoms with Crippen LogP contribution in [0.5, 0.6) is 0 Å². The smallest absolute Gasteiger partial charge is 0.225 e. The molecule has 2 fully saturated rings. The molecule has 1 aliphatic carbocycles. The molecule has 10 nitrogen and oxygen atoms in total. The van der Waals surface area contributed by atoms with Gasteiger partial charge in [0.15, 0.2) is 5.82 Å². The monoisotopic (exact) mass is 455 g/mol. The molecule has 2 aromatic rings. The minimum atomic E-state index is -0.431. The van der Waals surface area contributed by atoms with Crippen LogP contribution in [0.15, 0.2) is 12.1 Å². The summed E-state index contributed by atoms with van der Waals surface area (Å²) in [5, 5.41) is 13.4. The molecule has 3 N–H and O–H groups in total. The second kappa shape index (κ2) is 9.86. The van der Waals surface area contributed by atoms with Gasteiger partial charge in [-0.3, -0.25) is 14.7 Å². The Kier molecular flexibility index (Phi) is 6.92. The third-order valence-electron chi connectivity index (χ3n) is 6.31. The van der Waals surface area contributed by atoms with Gasteiger partial charge in [-0.2, -0.15) is 5.10 Å². The molecule has 0 radical (unpaired) electrons. The molecule has 178 valence electrons. The van der Waals surface area contributed by atoms with E-state index in [9.17, 15) is 9.59 Å². The lowest BCUT2D eigenvalue weighted by atomic mass is 9.78. The molecular weight excluding hydrogens is 422 g/mol. The van der Waals surface area contributed by atoms with E-state index < -0.39 is 5.54 Å². The first kappa shape index (κ1) is 23.2. The van der Waals surface area contributed by atoms with Gasteiger partial charge in [0.2, 0.25) is 11.8 Å². The van der Waals surface area contributed by atoms with Gasteiger partial charge in [-0.25, -0.2) is 9.97 Å². The number of morpholine rings is 1. The first-order valence-electron chi connectivity index (χ1n) is 11.6. The summed E-state index contributed by atoms with van der Waals surface area (Å²) < 4.78 is 5.98. The van der Waals surface area contributed by atoms with E-state index in [1.165, 1.54) is 6.92 Å². The summed E-state index contributed by atoms with van der Waals surface area (Å²) >= 11 is 0. The zero-order valence-corrected chi connectivity index (χ0v) is 19.6. The highest BCUT2D eigenvalue weighted by molar-refractivity contribution is 5.80. The number of H-pyrrole nitrogens is 1. The van der Waals surface area contributed by atoms with Crippen molar-refractivity contribution in [3.63, 3.8) is 0 Å². The summed E-state index contributed by atoms with van der Waals surface area (Å²) in [6.45, 7) is 6.68. The van der Waals surface area contributed by atoms with Crippen LogP contribution < -0.4 is 10.6 Å². The molecule has 0 spiro atoms. The van der Waals surface area contributed by atoms with Crippen LogP contribution >= 0.6 is 0 Å². The normalized spacial score (nSPS) is 20.3. The summed E-state index contributed by atoms with van der Waals surface area (Å²) in [7, 11) is 0. The van der Waals surface area contributed by atoms with Crippen molar-refractivity contribution >= 4 is 23.5 Å². The first-order chi connectivity index (χ1) is 15.8. The first-order valence-corrected chi connectivity index (χ1v) is 11.6. The number of rotatable bonds is 6. The number of nitrogens with zero attached hydrogens (tertiary/aromatic N) is 4. The fraction of sp³-hybridized carbons (Fsp3) is 0.609. The number of aromatic amines is 1. The molecule has 1 atom stereocenters. The number of amides is 2. The molecule has 4 rings (SSSR count). The number of carbonyl (C=O) groups excluding carboxylic acids is 2. The van der Waals surface area contributed by atoms with Crippen molar-refractivity contribution in [2.45, 2.75) is 70.9 Å². The fourth-order valence-corrected chi connectivity index (χ4v) is 4.84. The molecule has 1 unspecified atom stereocenters. The number of anilines is 2. The van der Waals surface area contributed by atoms with Crippen LogP contribution in [0.3, 0.4) is 0 Å². The van der Waals surface area contributed by atoms with Gasteiger partial charge < -0.3 is 20.3 Å². The van der Waals surface area contributed by atoms with Crippen molar-refractivity contribution in [2.75, 3.05) is 25.0 Å². The predicted molar refractivity (Wildman–Crippen MR) is 123 cm³/mol. The van der Waals surface area contributed by atoms with Crippen LogP contribution in [0, 0.1) is 13.8 Å². The molecule has 1 saturated carbocycles. The Hall–Kier alpha value is -3.01. The number of hydrogen-bond acceptors (Lipinski definition) is 7. The van der Waals surface area contributed by atoms with Gasteiger partial charge >= 0.3 is 0 Å². The molecule has 2 amide bonds. The van der Waals surface area contributed by atoms with Crippen molar-refractivity contribution in [2.24, 2.45) is 0 Å². The maximum absolute atomic E-state index is 13.3. The minimum Gasteiger partial charge on any atom is -0.368 e. The van der Waals surface area contributed by atoms with Crippen LogP contribution in [0.4, 0.5) is 11.6 Å². The second-order valence-corrected chi connectivity index (χ2v) is 9.18. The van der Waals surface area contributed by atoms with Gasteiger partial charge in [-0.1, -0.05) is 19.3 Å². The lowest BCUT2D eigenvalue weighted by Crippen LogP contribution is -2.53. The Morgan fingerprint density at radius 3 is 2.67 bits per heavy atom. The van der Waals surface area contributed by atoms with Crippen molar-refractivity contribution in [1.29, 1.82) is 0 Å². The van der Waals surface area contributed by atoms with Gasteiger partial charge in [-0.05, 0) is 26.7 Å². The Labute approximate surface area is 193 Å². The topological polar surface area (TPSA) is 125 Å². The Morgan fingerprint density at radius 2 is 1.97 bits per heavy atom. The number of carbonyl (C=O) groups is 2. The molecule has 3 heterocycles. The number of aromatic nitrogens is 4. The van der Waals surface area contributed by atoms with Gasteiger partial charge in [0.1, 0.15) is 17.7 Å². The quantitative estimate of drug-likeness (QED) is 0.611. The number of ether oxygens (including phenoxy) is 1. The van der Waals surface area contributed by atoms with Gasteiger partial charge in [0, 0.05) is 43.3 Å². The van der Waals surface area contributed by atoms with E-state index >= 15 is 0 Å². The molecule has 0 bridgehead atoms. The zero-order chi connectivity index (χ0) is 23.4. The molecule has 2 aromatic heterocycles. The van der Waals surface area contributed by atoms with Crippen molar-refractivity contribution in [1.82, 2.24) is 30.4 Å². The highest BCUT2D eigenvalue weighted by atomic mass is 16.5. The summed E-state index contributed by atoms with van der Waals surface area (Å²) in [4.78, 5) is 36.0. The van der Waals surface area contributed by atoms with Gasteiger partial charge in [0.05, 0.1) is 18.8 Å². The third-order valence-corrected chi connectivity index (χ3v) is 6.31. The summed E-state index contributed by atoms with van der Waals surface area (Å²) in [5.41, 5.74) is 1.24. The Morgan fingerprint density at radius 1 is 1.18 bits per heavy atom. The molecule has 0 aromatic carbocycles. The molecule has 1 saturated heterocycles. The van der Waals surface area contributed by atoms with Crippen LogP contribution in [-0.2, 0) is 14.3 Å². The largest absolute Gasteiger partial charge is 0.368 e. The number of nitrogens with one attached hydrogen (secondary N) is 3. The molecular formula is C23H33N7O3. The fourth-order valence-electron chi connectivity index (χ4n) is 4.84. The van der Waals surface area contributed by atoms with E-state index in [-0.39, 0.29) is 17.9 Å². The van der Waals surface area contributed by atoms with Gasteiger partial charge in [0.25, 0.3) is 0 Å². The predicted octanol–water partition coefficient (Wildman–Crippen LogP) is 2.69. The lowest BCUT2D eigenvalue weighted by Gasteiger charge is -2.40. The summed E-state index contributed by atoms with van der Waals surface area (Å²) in [5.74, 6) is 1.89. The van der Waals surface area contributed by atoms with Crippen LogP contribution in [0.2, 0.25) is 0 Å². The average Bonchev–Trinajstić information content (AvgIpc) is 3.18. The standard InChI is InChI=1S/C23H33N7O3/c1-15-11-21(29-28-15)26-20-12-18(24-16(2)25-20)19-14-30(9-10-33-19)22(32)13-23(27-17(3)31)7-5-4-6-8-23/h11-12,19H,4-10,13-14H2,1-3H3,(H,27,31)(H2,24,25,26,28,29). The molecule has 2 aliphatic rings. The highest BCUT2D eigenvalue weighted by Gasteiger charge is 2.37. The van der Waals surface area contributed by atoms with Crippen molar-refractivity contribution < 1.29 is 14.3 Å². The highest BCUT2D eigenvalue weighted by Crippen LogP contribution is 2.32. The van der Waals surface area contributed by atoms with Crippen LogP contribution in [0.25, 0.3) is 0 Å². The number of aryl methyl sites for hydroxylation is 2. The van der Waals surface area contributed by atoms with Crippen molar-refractivity contribution in [3.05, 3.63) is 29.3 Å². The van der Waals surface area contributed by atoms with E-state index in [2.05, 4.69) is 30.8 Å². The van der Waals surface area contributed by atoms with Crippen LogP contribution in [-0.4, -0.2) is 62.1 Å². The molecule has 33 heavy (non-hydrogen) atoms. The van der Waals surface area contributed by atoms with E-state index in [1.807, 2.05) is 30.9 Å². The summed E-state index contributed by atoms with van der Waals surface area (Å²) in [6, 6.07) is 3.74. The van der Waals surface area contributed by atoms with E-state index in [4.69, 9.17) is 4.74 Å². The minimum absolute atomic E-state index is 0.0510. The van der Waals surface area contributed by atoms with Gasteiger partial charge in [-0.15, -0.1) is 0 Å². The molecule has 1 aliphatic heterocycles. The summed E-state index contributed by atoms with van der Waals surface area (Å²) in [6.07, 6.45) is 4.89. The van der Waals surface area contributed by atoms with Crippen LogP contribution in [0.1, 0.15) is 68.8 Å². The zero-order valence-electron chi connectivity index (χ0n) is 19.6. The Bertz CT molecular complexity index is 1000. The molecule has 10 heteroatoms. The number of hydrogen-bond donors (Lipinski definition) is 3. The average molecular weight is 456 g/mol. The maximum atomic E-state index is 13.3. The van der Waals surface area contributed by atoms with E-state index in [1.54, 1.807) is 0 Å². The maximum Gasteiger partial charge on any atom is 0.225 e. The third kappa shape index (κ3) is 5.87. The van der Waals surface area contributed by atoms with E-state index in [0.717, 1.165) is 43.5 Å². The van der Waals surface area contributed by atoms with Crippen molar-refractivity contribution in [3.8, 4) is 0 Å². The second-order valence-electron chi connectivity index (χ2n) is 9.18. The van der Waals surface area contributed by atoms with E-state index in [0.29, 0.717) is 43.6 Å². The SMILES string of the molecule is CC(=O)NC1(CC(=O)N2CCOC(c3cc(Nc4cc(C)[nH]n4)nc(C)n3)C2)CCCCC1. The Balaban J connectivity index is 1.45. The lowest BCUT2D eigenvalue weighted by molar-refractivity contribution is -0.141.